The van der Waals surface area contributed by atoms with Crippen LogP contribution in [0, 0.1) is 0 Å². The minimum Gasteiger partial charge on any atom is -0.370 e. The average Bonchev–Trinajstić information content (AvgIpc) is 2.84. The van der Waals surface area contributed by atoms with Gasteiger partial charge in [0.1, 0.15) is 5.82 Å². The van der Waals surface area contributed by atoms with Crippen molar-refractivity contribution in [2.24, 2.45) is 0 Å². The highest BCUT2D eigenvalue weighted by atomic mass is 35.5. The molecular formula is C20H15Cl3F3N3. The van der Waals surface area contributed by atoms with Gasteiger partial charge in [-0.15, -0.1) is 0 Å². The Morgan fingerprint density at radius 1 is 0.966 bits per heavy atom. The van der Waals surface area contributed by atoms with E-state index in [0.29, 0.717) is 40.1 Å². The van der Waals surface area contributed by atoms with Gasteiger partial charge in [-0.05, 0) is 55.7 Å². The predicted molar refractivity (Wildman–Crippen MR) is 110 cm³/mol. The molecule has 1 N–H and O–H groups in total. The normalized spacial score (nSPS) is 14.3. The van der Waals surface area contributed by atoms with E-state index in [-0.39, 0.29) is 10.7 Å². The molecule has 3 nitrogen and oxygen atoms in total. The summed E-state index contributed by atoms with van der Waals surface area (Å²) in [6.07, 6.45) is -1.95. The average molecular weight is 461 g/mol. The van der Waals surface area contributed by atoms with E-state index in [1.54, 1.807) is 18.2 Å². The first-order chi connectivity index (χ1) is 13.8. The van der Waals surface area contributed by atoms with Crippen LogP contribution in [0.2, 0.25) is 15.1 Å². The molecule has 0 aliphatic carbocycles. The largest absolute Gasteiger partial charge is 0.416 e. The lowest BCUT2D eigenvalue weighted by atomic mass is 10.0. The van der Waals surface area contributed by atoms with Crippen LogP contribution >= 0.6 is 34.8 Å². The number of fused-ring (bicyclic) bond motifs is 1. The zero-order valence-corrected chi connectivity index (χ0v) is 17.2. The molecule has 1 aromatic heterocycles. The molecule has 3 aromatic rings. The second kappa shape index (κ2) is 7.74. The summed E-state index contributed by atoms with van der Waals surface area (Å²) < 4.78 is 41.2. The Kier molecular flexibility index (Phi) is 5.44. The van der Waals surface area contributed by atoms with Crippen molar-refractivity contribution in [3.05, 3.63) is 62.6 Å². The fourth-order valence-electron chi connectivity index (χ4n) is 3.42. The minimum atomic E-state index is -4.49. The van der Waals surface area contributed by atoms with Gasteiger partial charge in [-0.2, -0.15) is 18.3 Å². The van der Waals surface area contributed by atoms with E-state index in [1.807, 2.05) is 0 Å². The van der Waals surface area contributed by atoms with Gasteiger partial charge in [-0.25, -0.2) is 4.68 Å². The molecule has 0 unspecified atom stereocenters. The van der Waals surface area contributed by atoms with Crippen molar-refractivity contribution < 1.29 is 13.2 Å². The van der Waals surface area contributed by atoms with Crippen LogP contribution in [-0.2, 0) is 12.6 Å². The topological polar surface area (TPSA) is 29.9 Å². The van der Waals surface area contributed by atoms with Crippen molar-refractivity contribution in [2.45, 2.75) is 25.4 Å². The molecule has 29 heavy (non-hydrogen) atoms. The first-order valence-corrected chi connectivity index (χ1v) is 10.1. The summed E-state index contributed by atoms with van der Waals surface area (Å²) >= 11 is 18.8. The van der Waals surface area contributed by atoms with Crippen LogP contribution < -0.4 is 5.32 Å². The van der Waals surface area contributed by atoms with E-state index in [2.05, 4.69) is 10.4 Å². The maximum Gasteiger partial charge on any atom is 0.416 e. The zero-order chi connectivity index (χ0) is 20.8. The Bertz CT molecular complexity index is 1080. The van der Waals surface area contributed by atoms with Crippen molar-refractivity contribution in [3.8, 4) is 16.9 Å². The van der Waals surface area contributed by atoms with Gasteiger partial charge in [0.15, 0.2) is 0 Å². The van der Waals surface area contributed by atoms with E-state index in [9.17, 15) is 13.2 Å². The third-order valence-corrected chi connectivity index (χ3v) is 5.70. The van der Waals surface area contributed by atoms with Crippen LogP contribution in [-0.4, -0.2) is 16.3 Å². The maximum atomic E-state index is 13.3. The van der Waals surface area contributed by atoms with E-state index in [0.717, 1.165) is 30.5 Å². The van der Waals surface area contributed by atoms with E-state index < -0.39 is 11.7 Å². The molecule has 1 aliphatic heterocycles. The quantitative estimate of drug-likeness (QED) is 0.436. The molecule has 4 rings (SSSR count). The molecule has 0 atom stereocenters. The van der Waals surface area contributed by atoms with Gasteiger partial charge in [0.25, 0.3) is 0 Å². The summed E-state index contributed by atoms with van der Waals surface area (Å²) in [5, 5.41) is 9.02. The first kappa shape index (κ1) is 20.4. The molecule has 0 amide bonds. The number of alkyl halides is 3. The van der Waals surface area contributed by atoms with Gasteiger partial charge < -0.3 is 5.32 Å². The Balaban J connectivity index is 1.96. The van der Waals surface area contributed by atoms with Crippen LogP contribution in [0.4, 0.5) is 19.0 Å². The minimum absolute atomic E-state index is 0.150. The smallest absolute Gasteiger partial charge is 0.370 e. The van der Waals surface area contributed by atoms with E-state index >= 15 is 0 Å². The standard InChI is InChI=1S/C20H15Cl3F3N3/c21-12-5-7-15(22)14(10-12)18-13-3-1-2-8-27-19(13)29(28-18)17-9-11(20(24,25)26)4-6-16(17)23/h4-7,9-10,27H,1-3,8H2. The number of hydrogen-bond donors (Lipinski definition) is 1. The lowest BCUT2D eigenvalue weighted by Gasteiger charge is -2.13. The molecule has 1 aliphatic rings. The Morgan fingerprint density at radius 3 is 2.48 bits per heavy atom. The summed E-state index contributed by atoms with van der Waals surface area (Å²) in [5.41, 5.74) is 1.44. The van der Waals surface area contributed by atoms with Crippen molar-refractivity contribution >= 4 is 40.6 Å². The molecule has 2 heterocycles. The molecule has 0 spiro atoms. The number of benzene rings is 2. The second-order valence-corrected chi connectivity index (χ2v) is 8.01. The maximum absolute atomic E-state index is 13.3. The number of hydrogen-bond acceptors (Lipinski definition) is 2. The number of anilines is 1. The summed E-state index contributed by atoms with van der Waals surface area (Å²) in [7, 11) is 0. The SMILES string of the molecule is FC(F)(F)c1ccc(Cl)c(-n2nc(-c3cc(Cl)ccc3Cl)c3c2NCCCC3)c1. The summed E-state index contributed by atoms with van der Waals surface area (Å²) in [4.78, 5) is 0. The fourth-order valence-corrected chi connectivity index (χ4v) is 4.00. The summed E-state index contributed by atoms with van der Waals surface area (Å²) in [6.45, 7) is 0.679. The van der Waals surface area contributed by atoms with Gasteiger partial charge in [-0.3, -0.25) is 0 Å². The Hall–Kier alpha value is -1.89. The highest BCUT2D eigenvalue weighted by Gasteiger charge is 2.32. The molecule has 0 fully saturated rings. The van der Waals surface area contributed by atoms with E-state index in [4.69, 9.17) is 34.8 Å². The number of halogens is 6. The van der Waals surface area contributed by atoms with Crippen LogP contribution in [0.25, 0.3) is 16.9 Å². The molecular weight excluding hydrogens is 446 g/mol. The summed E-state index contributed by atoms with van der Waals surface area (Å²) in [6, 6.07) is 8.24. The van der Waals surface area contributed by atoms with Gasteiger partial charge in [0.05, 0.1) is 27.0 Å². The molecule has 152 valence electrons. The third-order valence-electron chi connectivity index (χ3n) is 4.81. The predicted octanol–water partition coefficient (Wildman–Crippen LogP) is 7.27. The Labute approximate surface area is 180 Å². The number of nitrogens with zero attached hydrogens (tertiary/aromatic N) is 2. The molecule has 0 bridgehead atoms. The highest BCUT2D eigenvalue weighted by Crippen LogP contribution is 2.40. The van der Waals surface area contributed by atoms with Crippen LogP contribution in [0.15, 0.2) is 36.4 Å². The Morgan fingerprint density at radius 2 is 1.72 bits per heavy atom. The summed E-state index contributed by atoms with van der Waals surface area (Å²) in [5.74, 6) is 0.620. The molecule has 0 saturated carbocycles. The van der Waals surface area contributed by atoms with Crippen LogP contribution in [0.5, 0.6) is 0 Å². The molecule has 2 aromatic carbocycles. The van der Waals surface area contributed by atoms with Gasteiger partial charge in [-0.1, -0.05) is 34.8 Å². The molecule has 0 radical (unpaired) electrons. The van der Waals surface area contributed by atoms with Crippen molar-refractivity contribution in [3.63, 3.8) is 0 Å². The van der Waals surface area contributed by atoms with Crippen molar-refractivity contribution in [2.75, 3.05) is 11.9 Å². The number of nitrogens with one attached hydrogen (secondary N) is 1. The third kappa shape index (κ3) is 3.93. The number of rotatable bonds is 2. The van der Waals surface area contributed by atoms with E-state index in [1.165, 1.54) is 10.7 Å². The fraction of sp³-hybridized carbons (Fsp3) is 0.250. The van der Waals surface area contributed by atoms with Crippen LogP contribution in [0.1, 0.15) is 24.0 Å². The van der Waals surface area contributed by atoms with Gasteiger partial charge in [0, 0.05) is 22.7 Å². The van der Waals surface area contributed by atoms with Crippen molar-refractivity contribution in [1.82, 2.24) is 9.78 Å². The monoisotopic (exact) mass is 459 g/mol. The zero-order valence-electron chi connectivity index (χ0n) is 15.0. The first-order valence-electron chi connectivity index (χ1n) is 8.94. The second-order valence-electron chi connectivity index (χ2n) is 6.76. The molecule has 9 heteroatoms. The van der Waals surface area contributed by atoms with Gasteiger partial charge in [0.2, 0.25) is 0 Å². The lowest BCUT2D eigenvalue weighted by Crippen LogP contribution is -2.10. The van der Waals surface area contributed by atoms with Crippen LogP contribution in [0.3, 0.4) is 0 Å². The lowest BCUT2D eigenvalue weighted by molar-refractivity contribution is -0.137. The number of aromatic nitrogens is 2. The van der Waals surface area contributed by atoms with Crippen molar-refractivity contribution in [1.29, 1.82) is 0 Å². The molecule has 0 saturated heterocycles. The van der Waals surface area contributed by atoms with Gasteiger partial charge >= 0.3 is 6.18 Å². The highest BCUT2D eigenvalue weighted by molar-refractivity contribution is 6.35.